The number of esters is 2. The van der Waals surface area contributed by atoms with Gasteiger partial charge < -0.3 is 27.9 Å². The molecule has 80 heavy (non-hydrogen) atoms. The SMILES string of the molecule is CC/C=C\C/C=C\C/C=C\C/C=C\C/C=C\C/C=C\C/C=C\CCCCCCCCCCCCCCCCCCCC(=O)OC(COC(=O)CCCCCC/C=C\C/C=C\C/C=C\C/C=C\CC)COP(=O)([O-])OCC[N+](C)(C)C. The van der Waals surface area contributed by atoms with Crippen molar-refractivity contribution in [1.29, 1.82) is 0 Å². The summed E-state index contributed by atoms with van der Waals surface area (Å²) in [7, 11) is 1.14. The van der Waals surface area contributed by atoms with Crippen LogP contribution in [0.4, 0.5) is 0 Å². The smallest absolute Gasteiger partial charge is 0.306 e. The average Bonchev–Trinajstić information content (AvgIpc) is 3.42. The molecule has 0 aliphatic rings. The first-order valence-electron chi connectivity index (χ1n) is 31.9. The van der Waals surface area contributed by atoms with E-state index in [2.05, 4.69) is 148 Å². The van der Waals surface area contributed by atoms with E-state index < -0.39 is 32.5 Å². The number of likely N-dealkylation sites (N-methyl/N-ethyl adjacent to an activating group) is 1. The van der Waals surface area contributed by atoms with Gasteiger partial charge in [0.25, 0.3) is 7.82 Å². The van der Waals surface area contributed by atoms with Crippen molar-refractivity contribution in [2.75, 3.05) is 47.5 Å². The highest BCUT2D eigenvalue weighted by Crippen LogP contribution is 2.38. The largest absolute Gasteiger partial charge is 0.756 e. The molecule has 0 bridgehead atoms. The lowest BCUT2D eigenvalue weighted by atomic mass is 10.0. The van der Waals surface area contributed by atoms with Gasteiger partial charge in [-0.05, 0) is 109 Å². The fourth-order valence-corrected chi connectivity index (χ4v) is 9.06. The standard InChI is InChI=1S/C70H118NO8P/c1-6-8-10-12-14-16-18-20-22-24-25-26-27-28-29-30-31-32-33-34-35-36-37-38-39-40-41-42-43-44-45-47-49-51-53-55-57-59-61-63-70(73)79-68(67-78-80(74,75)77-65-64-71(3,4)5)66-76-69(72)62-60-58-56-54-52-50-48-46-23-21-19-17-15-13-11-9-7-2/h8-11,14-17,20-23,25-26,28-29,31-32,34-35,48,50,68H,6-7,12-13,18-19,24,27,30,33,36-47,49,51-67H2,1-5H3/b10-8-,11-9-,16-14-,17-15-,22-20-,23-21-,26-25-,29-28-,32-31-,35-34-,50-48-. The van der Waals surface area contributed by atoms with Gasteiger partial charge in [-0.15, -0.1) is 0 Å². The summed E-state index contributed by atoms with van der Waals surface area (Å²) in [5.41, 5.74) is 0. The van der Waals surface area contributed by atoms with Crippen molar-refractivity contribution in [2.45, 2.75) is 251 Å². The second kappa shape index (κ2) is 59.8. The summed E-state index contributed by atoms with van der Waals surface area (Å²) in [5.74, 6) is -0.864. The fourth-order valence-electron chi connectivity index (χ4n) is 8.33. The Bertz CT molecular complexity index is 1810. The van der Waals surface area contributed by atoms with Crippen LogP contribution in [0.15, 0.2) is 134 Å². The molecule has 0 saturated carbocycles. The maximum atomic E-state index is 12.8. The Kier molecular flexibility index (Phi) is 56.9. The Hall–Kier alpha value is -3.85. The number of allylic oxidation sites excluding steroid dienone is 22. The summed E-state index contributed by atoms with van der Waals surface area (Å²) < 4.78 is 34.2. The van der Waals surface area contributed by atoms with Crippen molar-refractivity contribution in [3.63, 3.8) is 0 Å². The number of rotatable bonds is 57. The predicted octanol–water partition coefficient (Wildman–Crippen LogP) is 19.9. The van der Waals surface area contributed by atoms with Gasteiger partial charge in [-0.1, -0.05) is 257 Å². The molecule has 10 heteroatoms. The highest BCUT2D eigenvalue weighted by molar-refractivity contribution is 7.45. The number of ether oxygens (including phenoxy) is 2. The number of hydrogen-bond acceptors (Lipinski definition) is 8. The van der Waals surface area contributed by atoms with Gasteiger partial charge in [-0.2, -0.15) is 0 Å². The topological polar surface area (TPSA) is 111 Å². The first kappa shape index (κ1) is 76.1. The zero-order chi connectivity index (χ0) is 58.4. The van der Waals surface area contributed by atoms with E-state index in [9.17, 15) is 19.0 Å². The second-order valence-electron chi connectivity index (χ2n) is 22.0. The molecule has 0 aromatic heterocycles. The summed E-state index contributed by atoms with van der Waals surface area (Å²) >= 11 is 0. The molecule has 0 fully saturated rings. The molecular formula is C70H118NO8P. The molecule has 0 aromatic rings. The van der Waals surface area contributed by atoms with Gasteiger partial charge in [0.05, 0.1) is 27.7 Å². The molecule has 9 nitrogen and oxygen atoms in total. The van der Waals surface area contributed by atoms with Crippen LogP contribution in [-0.4, -0.2) is 70.0 Å². The molecular weight excluding hydrogens is 1010 g/mol. The zero-order valence-corrected chi connectivity index (χ0v) is 52.6. The minimum atomic E-state index is -4.65. The van der Waals surface area contributed by atoms with Crippen LogP contribution in [-0.2, 0) is 32.7 Å². The van der Waals surface area contributed by atoms with Gasteiger partial charge in [-0.3, -0.25) is 14.2 Å². The van der Waals surface area contributed by atoms with E-state index in [-0.39, 0.29) is 26.1 Å². The van der Waals surface area contributed by atoms with E-state index in [1.165, 1.54) is 89.9 Å². The Labute approximate surface area is 491 Å². The van der Waals surface area contributed by atoms with Gasteiger partial charge >= 0.3 is 11.9 Å². The van der Waals surface area contributed by atoms with Crippen LogP contribution in [0.1, 0.15) is 245 Å². The minimum Gasteiger partial charge on any atom is -0.756 e. The van der Waals surface area contributed by atoms with Gasteiger partial charge in [0.2, 0.25) is 0 Å². The minimum absolute atomic E-state index is 0.0402. The van der Waals surface area contributed by atoms with Crippen LogP contribution in [0, 0.1) is 0 Å². The summed E-state index contributed by atoms with van der Waals surface area (Å²) in [4.78, 5) is 37.9. The van der Waals surface area contributed by atoms with Crippen molar-refractivity contribution in [2.24, 2.45) is 0 Å². The molecule has 0 N–H and O–H groups in total. The molecule has 0 rings (SSSR count). The number of hydrogen-bond donors (Lipinski definition) is 0. The van der Waals surface area contributed by atoms with Gasteiger partial charge in [-0.25, -0.2) is 0 Å². The quantitative estimate of drug-likeness (QED) is 0.0195. The van der Waals surface area contributed by atoms with E-state index >= 15 is 0 Å². The number of unbranched alkanes of at least 4 members (excludes halogenated alkanes) is 21. The summed E-state index contributed by atoms with van der Waals surface area (Å²) in [6.07, 6.45) is 86.7. The third-order valence-electron chi connectivity index (χ3n) is 13.2. The number of quaternary nitrogens is 1. The zero-order valence-electron chi connectivity index (χ0n) is 51.7. The molecule has 2 atom stereocenters. The fraction of sp³-hybridized carbons (Fsp3) is 0.657. The van der Waals surface area contributed by atoms with Crippen LogP contribution < -0.4 is 4.89 Å². The summed E-state index contributed by atoms with van der Waals surface area (Å²) in [6, 6.07) is 0. The third kappa shape index (κ3) is 63.3. The Morgan fingerprint density at radius 3 is 1.00 bits per heavy atom. The molecule has 0 aliphatic carbocycles. The molecule has 0 aliphatic heterocycles. The van der Waals surface area contributed by atoms with E-state index in [1.807, 2.05) is 21.1 Å². The third-order valence-corrected chi connectivity index (χ3v) is 14.1. The van der Waals surface area contributed by atoms with Crippen LogP contribution in [0.25, 0.3) is 0 Å². The van der Waals surface area contributed by atoms with Crippen molar-refractivity contribution in [1.82, 2.24) is 0 Å². The number of carbonyl (C=O) groups excluding carboxylic acids is 2. The molecule has 0 aromatic carbocycles. The predicted molar refractivity (Wildman–Crippen MR) is 341 cm³/mol. The van der Waals surface area contributed by atoms with E-state index in [4.69, 9.17) is 18.5 Å². The molecule has 2 unspecified atom stereocenters. The number of phosphoric ester groups is 1. The van der Waals surface area contributed by atoms with E-state index in [1.54, 1.807) is 0 Å². The molecule has 456 valence electrons. The summed E-state index contributed by atoms with van der Waals surface area (Å²) in [6.45, 7) is 3.98. The lowest BCUT2D eigenvalue weighted by molar-refractivity contribution is -0.870. The highest BCUT2D eigenvalue weighted by atomic mass is 31.2. The van der Waals surface area contributed by atoms with Crippen molar-refractivity contribution in [3.8, 4) is 0 Å². The van der Waals surface area contributed by atoms with Crippen LogP contribution >= 0.6 is 7.82 Å². The summed E-state index contributed by atoms with van der Waals surface area (Å²) in [5, 5.41) is 0. The normalized spacial score (nSPS) is 14.1. The van der Waals surface area contributed by atoms with Gasteiger partial charge in [0.15, 0.2) is 6.10 Å². The van der Waals surface area contributed by atoms with Crippen molar-refractivity contribution < 1.29 is 42.1 Å². The number of phosphoric acid groups is 1. The Morgan fingerprint density at radius 2 is 0.675 bits per heavy atom. The number of carbonyl (C=O) groups is 2. The van der Waals surface area contributed by atoms with Crippen LogP contribution in [0.2, 0.25) is 0 Å². The first-order chi connectivity index (χ1) is 39.0. The lowest BCUT2D eigenvalue weighted by Crippen LogP contribution is -2.37. The molecule has 0 heterocycles. The van der Waals surface area contributed by atoms with Crippen LogP contribution in [0.3, 0.4) is 0 Å². The maximum absolute atomic E-state index is 12.8. The van der Waals surface area contributed by atoms with E-state index in [0.29, 0.717) is 23.9 Å². The number of nitrogens with zero attached hydrogens (tertiary/aromatic N) is 1. The Morgan fingerprint density at radius 1 is 0.388 bits per heavy atom. The first-order valence-corrected chi connectivity index (χ1v) is 33.4. The molecule has 0 spiro atoms. The van der Waals surface area contributed by atoms with E-state index in [0.717, 1.165) is 116 Å². The maximum Gasteiger partial charge on any atom is 0.306 e. The monoisotopic (exact) mass is 1130 g/mol. The Balaban J connectivity index is 4.04. The molecule has 0 amide bonds. The van der Waals surface area contributed by atoms with Crippen molar-refractivity contribution in [3.05, 3.63) is 134 Å². The highest BCUT2D eigenvalue weighted by Gasteiger charge is 2.22. The van der Waals surface area contributed by atoms with Gasteiger partial charge in [0.1, 0.15) is 19.8 Å². The van der Waals surface area contributed by atoms with Gasteiger partial charge in [0, 0.05) is 12.8 Å². The molecule has 0 saturated heterocycles. The lowest BCUT2D eigenvalue weighted by Gasteiger charge is -2.28. The second-order valence-corrected chi connectivity index (χ2v) is 23.4. The van der Waals surface area contributed by atoms with Crippen LogP contribution in [0.5, 0.6) is 0 Å². The van der Waals surface area contributed by atoms with Crippen molar-refractivity contribution >= 4 is 19.8 Å². The average molecular weight is 1130 g/mol. The molecule has 0 radical (unpaired) electrons.